The summed E-state index contributed by atoms with van der Waals surface area (Å²) in [6.07, 6.45) is 2.40. The first-order valence-corrected chi connectivity index (χ1v) is 8.91. The van der Waals surface area contributed by atoms with Gasteiger partial charge in [-0.05, 0) is 66.7 Å². The Labute approximate surface area is 171 Å². The zero-order valence-corrected chi connectivity index (χ0v) is 15.6. The monoisotopic (exact) mass is 409 g/mol. The molecule has 2 N–H and O–H groups in total. The zero-order chi connectivity index (χ0) is 21.5. The first-order chi connectivity index (χ1) is 14.5. The number of aliphatic hydroxyl groups excluding tert-OH is 1. The lowest BCUT2D eigenvalue weighted by atomic mass is 10.1. The van der Waals surface area contributed by atoms with Crippen molar-refractivity contribution < 1.29 is 28.2 Å². The van der Waals surface area contributed by atoms with Crippen LogP contribution in [-0.2, 0) is 4.79 Å². The van der Waals surface area contributed by atoms with Gasteiger partial charge in [0, 0.05) is 11.3 Å². The molecule has 0 aromatic heterocycles. The molecule has 0 aliphatic rings. The summed E-state index contributed by atoms with van der Waals surface area (Å²) in [4.78, 5) is 24.1. The van der Waals surface area contributed by atoms with E-state index < -0.39 is 29.9 Å². The van der Waals surface area contributed by atoms with E-state index >= 15 is 0 Å². The van der Waals surface area contributed by atoms with Crippen LogP contribution in [0.25, 0.3) is 6.08 Å². The van der Waals surface area contributed by atoms with E-state index in [1.807, 2.05) is 0 Å². The summed E-state index contributed by atoms with van der Waals surface area (Å²) in [6, 6.07) is 15.5. The van der Waals surface area contributed by atoms with Gasteiger partial charge in [0.25, 0.3) is 5.91 Å². The Hall–Kier alpha value is -3.84. The fraction of sp³-hybridized carbons (Fsp3) is 0.0435. The fourth-order valence-corrected chi connectivity index (χ4v) is 2.58. The molecule has 30 heavy (non-hydrogen) atoms. The summed E-state index contributed by atoms with van der Waals surface area (Å²) in [6.45, 7) is -0.679. The first-order valence-electron chi connectivity index (χ1n) is 8.91. The molecule has 3 aromatic rings. The summed E-state index contributed by atoms with van der Waals surface area (Å²) in [7, 11) is 0. The van der Waals surface area contributed by atoms with Crippen molar-refractivity contribution in [1.29, 1.82) is 0 Å². The van der Waals surface area contributed by atoms with Crippen LogP contribution in [0.15, 0.2) is 72.8 Å². The molecule has 5 nitrogen and oxygen atoms in total. The number of rotatable bonds is 7. The molecule has 0 fully saturated rings. The maximum absolute atomic E-state index is 13.6. The molecule has 0 saturated heterocycles. The van der Waals surface area contributed by atoms with Crippen molar-refractivity contribution in [3.8, 4) is 11.5 Å². The summed E-state index contributed by atoms with van der Waals surface area (Å²) in [5.41, 5.74) is 0.717. The molecule has 0 radical (unpaired) electrons. The molecule has 0 heterocycles. The Morgan fingerprint density at radius 2 is 1.67 bits per heavy atom. The summed E-state index contributed by atoms with van der Waals surface area (Å²) in [5.74, 6) is -1.45. The number of amides is 1. The maximum atomic E-state index is 13.6. The molecule has 3 aromatic carbocycles. The highest BCUT2D eigenvalue weighted by Crippen LogP contribution is 2.27. The fourth-order valence-electron chi connectivity index (χ4n) is 2.58. The highest BCUT2D eigenvalue weighted by Gasteiger charge is 2.15. The van der Waals surface area contributed by atoms with E-state index in [9.17, 15) is 18.4 Å². The van der Waals surface area contributed by atoms with Crippen LogP contribution in [0.4, 0.5) is 14.5 Å². The standard InChI is InChI=1S/C23H17F2NO4/c24-16-6-10-19(11-7-16)30-22-4-2-1-3-20(22)23(29)26-21-12-8-17(25)13-15(21)5-9-18(28)14-27/h1-13,27H,14H2,(H,26,29)/b9-5+. The number of carbonyl (C=O) groups excluding carboxylic acids is 2. The van der Waals surface area contributed by atoms with Crippen LogP contribution in [-0.4, -0.2) is 23.4 Å². The van der Waals surface area contributed by atoms with Gasteiger partial charge >= 0.3 is 0 Å². The highest BCUT2D eigenvalue weighted by molar-refractivity contribution is 6.07. The minimum Gasteiger partial charge on any atom is -0.457 e. The van der Waals surface area contributed by atoms with Crippen LogP contribution in [0.3, 0.4) is 0 Å². The van der Waals surface area contributed by atoms with Gasteiger partial charge in [-0.2, -0.15) is 0 Å². The van der Waals surface area contributed by atoms with Crippen LogP contribution in [0.1, 0.15) is 15.9 Å². The van der Waals surface area contributed by atoms with E-state index in [4.69, 9.17) is 9.84 Å². The molecule has 0 atom stereocenters. The maximum Gasteiger partial charge on any atom is 0.259 e. The van der Waals surface area contributed by atoms with Gasteiger partial charge in [-0.15, -0.1) is 0 Å². The number of nitrogens with one attached hydrogen (secondary N) is 1. The molecule has 3 rings (SSSR count). The van der Waals surface area contributed by atoms with Crippen molar-refractivity contribution in [2.45, 2.75) is 0 Å². The number of carbonyl (C=O) groups is 2. The lowest BCUT2D eigenvalue weighted by Crippen LogP contribution is -2.14. The largest absolute Gasteiger partial charge is 0.457 e. The van der Waals surface area contributed by atoms with Gasteiger partial charge in [0.05, 0.1) is 5.56 Å². The minimum atomic E-state index is -0.679. The number of hydrogen-bond acceptors (Lipinski definition) is 4. The molecular formula is C23H17F2NO4. The molecule has 1 amide bonds. The van der Waals surface area contributed by atoms with Crippen LogP contribution in [0.5, 0.6) is 11.5 Å². The average Bonchev–Trinajstić information content (AvgIpc) is 2.75. The van der Waals surface area contributed by atoms with Gasteiger partial charge in [-0.1, -0.05) is 12.1 Å². The summed E-state index contributed by atoms with van der Waals surface area (Å²) >= 11 is 0. The Kier molecular flexibility index (Phi) is 6.67. The number of ketones is 1. The lowest BCUT2D eigenvalue weighted by Gasteiger charge is -2.13. The second kappa shape index (κ2) is 9.58. The van der Waals surface area contributed by atoms with Gasteiger partial charge in [-0.25, -0.2) is 8.78 Å². The summed E-state index contributed by atoms with van der Waals surface area (Å²) in [5, 5.41) is 11.5. The van der Waals surface area contributed by atoms with E-state index in [2.05, 4.69) is 5.32 Å². The van der Waals surface area contributed by atoms with Gasteiger partial charge < -0.3 is 15.2 Å². The number of halogens is 2. The van der Waals surface area contributed by atoms with Crippen molar-refractivity contribution in [2.24, 2.45) is 0 Å². The molecule has 0 spiro atoms. The number of hydrogen-bond donors (Lipinski definition) is 2. The molecular weight excluding hydrogens is 392 g/mol. The predicted octanol–water partition coefficient (Wildman–Crippen LogP) is 4.58. The average molecular weight is 409 g/mol. The third-order valence-electron chi connectivity index (χ3n) is 4.04. The molecule has 152 valence electrons. The Morgan fingerprint density at radius 3 is 2.40 bits per heavy atom. The van der Waals surface area contributed by atoms with E-state index in [-0.39, 0.29) is 22.6 Å². The quantitative estimate of drug-likeness (QED) is 0.560. The number of anilines is 1. The number of para-hydroxylation sites is 1. The molecule has 0 saturated carbocycles. The van der Waals surface area contributed by atoms with Crippen molar-refractivity contribution >= 4 is 23.5 Å². The molecule has 7 heteroatoms. The van der Waals surface area contributed by atoms with Crippen molar-refractivity contribution in [1.82, 2.24) is 0 Å². The third kappa shape index (κ3) is 5.36. The van der Waals surface area contributed by atoms with Crippen molar-refractivity contribution in [3.63, 3.8) is 0 Å². The smallest absolute Gasteiger partial charge is 0.259 e. The normalized spacial score (nSPS) is 10.8. The SMILES string of the molecule is O=C(/C=C/c1cc(F)ccc1NC(=O)c1ccccc1Oc1ccc(F)cc1)CO. The highest BCUT2D eigenvalue weighted by atomic mass is 19.1. The lowest BCUT2D eigenvalue weighted by molar-refractivity contribution is -0.117. The number of benzene rings is 3. The Morgan fingerprint density at radius 1 is 0.967 bits per heavy atom. The van der Waals surface area contributed by atoms with E-state index in [0.29, 0.717) is 5.75 Å². The van der Waals surface area contributed by atoms with Crippen LogP contribution < -0.4 is 10.1 Å². The number of ether oxygens (including phenoxy) is 1. The molecule has 0 unspecified atom stereocenters. The minimum absolute atomic E-state index is 0.201. The zero-order valence-electron chi connectivity index (χ0n) is 15.6. The van der Waals surface area contributed by atoms with E-state index in [1.165, 1.54) is 42.5 Å². The second-order valence-electron chi connectivity index (χ2n) is 6.20. The van der Waals surface area contributed by atoms with Gasteiger partial charge in [0.15, 0.2) is 5.78 Å². The van der Waals surface area contributed by atoms with Crippen LogP contribution in [0, 0.1) is 11.6 Å². The van der Waals surface area contributed by atoms with Gasteiger partial charge in [0.2, 0.25) is 0 Å². The Bertz CT molecular complexity index is 1090. The van der Waals surface area contributed by atoms with E-state index in [0.717, 1.165) is 12.1 Å². The van der Waals surface area contributed by atoms with Crippen molar-refractivity contribution in [3.05, 3.63) is 95.6 Å². The van der Waals surface area contributed by atoms with Gasteiger partial charge in [-0.3, -0.25) is 9.59 Å². The molecule has 0 aliphatic carbocycles. The predicted molar refractivity (Wildman–Crippen MR) is 108 cm³/mol. The third-order valence-corrected chi connectivity index (χ3v) is 4.04. The molecule has 0 bridgehead atoms. The summed E-state index contributed by atoms with van der Waals surface area (Å²) < 4.78 is 32.4. The first kappa shape index (κ1) is 20.9. The van der Waals surface area contributed by atoms with Crippen LogP contribution >= 0.6 is 0 Å². The second-order valence-corrected chi connectivity index (χ2v) is 6.20. The number of aliphatic hydroxyl groups is 1. The topological polar surface area (TPSA) is 75.6 Å². The van der Waals surface area contributed by atoms with E-state index in [1.54, 1.807) is 24.3 Å². The van der Waals surface area contributed by atoms with Crippen molar-refractivity contribution in [2.75, 3.05) is 11.9 Å². The van der Waals surface area contributed by atoms with Gasteiger partial charge in [0.1, 0.15) is 29.7 Å². The Balaban J connectivity index is 1.86. The van der Waals surface area contributed by atoms with Crippen LogP contribution in [0.2, 0.25) is 0 Å². The molecule has 0 aliphatic heterocycles.